The number of anilines is 1. The van der Waals surface area contributed by atoms with Gasteiger partial charge in [-0.25, -0.2) is 0 Å². The monoisotopic (exact) mass is 292 g/mol. The van der Waals surface area contributed by atoms with Crippen molar-refractivity contribution in [1.82, 2.24) is 4.98 Å². The lowest BCUT2D eigenvalue weighted by Gasteiger charge is -2.11. The van der Waals surface area contributed by atoms with E-state index in [1.54, 1.807) is 42.6 Å². The van der Waals surface area contributed by atoms with Crippen LogP contribution >= 0.6 is 7.60 Å². The van der Waals surface area contributed by atoms with Crippen molar-refractivity contribution in [3.05, 3.63) is 59.9 Å². The van der Waals surface area contributed by atoms with Crippen molar-refractivity contribution in [3.8, 4) is 0 Å². The number of nitrogens with zero attached hydrogens (tertiary/aromatic N) is 1. The molecular weight excluding hydrogens is 279 g/mol. The molecule has 0 bridgehead atoms. The first-order valence-corrected chi connectivity index (χ1v) is 7.59. The molecule has 2 rings (SSSR count). The molecule has 7 heteroatoms. The lowest BCUT2D eigenvalue weighted by atomic mass is 10.2. The van der Waals surface area contributed by atoms with E-state index in [2.05, 4.69) is 10.3 Å². The molecule has 104 valence electrons. The molecule has 1 amide bonds. The highest BCUT2D eigenvalue weighted by molar-refractivity contribution is 7.50. The number of hydrogen-bond acceptors (Lipinski definition) is 3. The Morgan fingerprint density at radius 2 is 1.95 bits per heavy atom. The number of pyridine rings is 1. The molecule has 0 atom stereocenters. The lowest BCUT2D eigenvalue weighted by Crippen LogP contribution is -2.13. The molecule has 1 heterocycles. The van der Waals surface area contributed by atoms with E-state index >= 15 is 0 Å². The zero-order valence-corrected chi connectivity index (χ0v) is 11.3. The molecule has 3 N–H and O–H groups in total. The van der Waals surface area contributed by atoms with E-state index in [1.165, 1.54) is 6.20 Å². The molecular formula is C13H13N2O4P. The fraction of sp³-hybridized carbons (Fsp3) is 0.0769. The maximum absolute atomic E-state index is 12.0. The quantitative estimate of drug-likeness (QED) is 0.748. The normalized spacial score (nSPS) is 11.1. The molecule has 0 aliphatic rings. The van der Waals surface area contributed by atoms with Gasteiger partial charge in [-0.05, 0) is 23.8 Å². The average Bonchev–Trinajstić information content (AvgIpc) is 2.40. The zero-order valence-electron chi connectivity index (χ0n) is 10.4. The second-order valence-corrected chi connectivity index (χ2v) is 5.82. The highest BCUT2D eigenvalue weighted by Crippen LogP contribution is 2.40. The Balaban J connectivity index is 2.22. The van der Waals surface area contributed by atoms with Gasteiger partial charge in [-0.1, -0.05) is 18.2 Å². The van der Waals surface area contributed by atoms with E-state index in [9.17, 15) is 9.36 Å². The van der Waals surface area contributed by atoms with Crippen molar-refractivity contribution >= 4 is 19.2 Å². The van der Waals surface area contributed by atoms with Gasteiger partial charge >= 0.3 is 7.60 Å². The highest BCUT2D eigenvalue weighted by atomic mass is 31.2. The number of aromatic nitrogens is 1. The number of para-hydroxylation sites is 1. The summed E-state index contributed by atoms with van der Waals surface area (Å²) in [6.45, 7) is 0. The van der Waals surface area contributed by atoms with Gasteiger partial charge in [-0.3, -0.25) is 14.3 Å². The molecule has 0 unspecified atom stereocenters. The van der Waals surface area contributed by atoms with Crippen LogP contribution < -0.4 is 5.32 Å². The van der Waals surface area contributed by atoms with Crippen molar-refractivity contribution in [2.75, 3.05) is 5.32 Å². The molecule has 2 aromatic rings. The van der Waals surface area contributed by atoms with E-state index in [0.717, 1.165) is 0 Å². The highest BCUT2D eigenvalue weighted by Gasteiger charge is 2.17. The van der Waals surface area contributed by atoms with Crippen LogP contribution in [0.4, 0.5) is 5.69 Å². The third-order valence-electron chi connectivity index (χ3n) is 2.57. The van der Waals surface area contributed by atoms with Crippen molar-refractivity contribution in [3.63, 3.8) is 0 Å². The molecule has 0 saturated carbocycles. The number of carbonyl (C=O) groups is 1. The first-order chi connectivity index (χ1) is 9.46. The Kier molecular flexibility index (Phi) is 4.29. The number of hydrogen-bond donors (Lipinski definition) is 3. The molecule has 0 aliphatic carbocycles. The average molecular weight is 292 g/mol. The van der Waals surface area contributed by atoms with Gasteiger partial charge in [0.25, 0.3) is 5.91 Å². The van der Waals surface area contributed by atoms with E-state index in [4.69, 9.17) is 9.79 Å². The van der Waals surface area contributed by atoms with Crippen molar-refractivity contribution in [2.24, 2.45) is 0 Å². The summed E-state index contributed by atoms with van der Waals surface area (Å²) in [6.07, 6.45) is 2.55. The maximum Gasteiger partial charge on any atom is 0.329 e. The smallest absolute Gasteiger partial charge is 0.324 e. The van der Waals surface area contributed by atoms with Gasteiger partial charge in [-0.2, -0.15) is 0 Å². The Morgan fingerprint density at radius 3 is 2.60 bits per heavy atom. The summed E-state index contributed by atoms with van der Waals surface area (Å²) in [5, 5.41) is 2.63. The Hall–Kier alpha value is -2.01. The van der Waals surface area contributed by atoms with Crippen LogP contribution in [0.15, 0.2) is 48.8 Å². The number of carbonyl (C=O) groups excluding carboxylic acids is 1. The fourth-order valence-electron chi connectivity index (χ4n) is 1.69. The van der Waals surface area contributed by atoms with Gasteiger partial charge < -0.3 is 15.1 Å². The number of amides is 1. The first-order valence-electron chi connectivity index (χ1n) is 5.79. The van der Waals surface area contributed by atoms with Crippen LogP contribution in [0.2, 0.25) is 0 Å². The molecule has 0 aliphatic heterocycles. The zero-order chi connectivity index (χ0) is 14.6. The summed E-state index contributed by atoms with van der Waals surface area (Å²) >= 11 is 0. The lowest BCUT2D eigenvalue weighted by molar-refractivity contribution is 0.102. The Morgan fingerprint density at radius 1 is 1.20 bits per heavy atom. The summed E-state index contributed by atoms with van der Waals surface area (Å²) in [5.74, 6) is -0.378. The summed E-state index contributed by atoms with van der Waals surface area (Å²) in [6, 6.07) is 9.74. The molecule has 20 heavy (non-hydrogen) atoms. The maximum atomic E-state index is 12.0. The Bertz CT molecular complexity index is 654. The largest absolute Gasteiger partial charge is 0.329 e. The van der Waals surface area contributed by atoms with Crippen LogP contribution in [0, 0.1) is 0 Å². The van der Waals surface area contributed by atoms with Gasteiger partial charge in [0.05, 0.1) is 11.7 Å². The molecule has 6 nitrogen and oxygen atoms in total. The van der Waals surface area contributed by atoms with Gasteiger partial charge in [0.1, 0.15) is 0 Å². The van der Waals surface area contributed by atoms with Gasteiger partial charge in [0, 0.05) is 18.1 Å². The summed E-state index contributed by atoms with van der Waals surface area (Å²) in [5.41, 5.74) is 1.14. The van der Waals surface area contributed by atoms with E-state index < -0.39 is 13.8 Å². The number of benzene rings is 1. The van der Waals surface area contributed by atoms with Crippen LogP contribution in [0.1, 0.15) is 15.9 Å². The molecule has 1 aromatic carbocycles. The second-order valence-electron chi connectivity index (χ2n) is 4.18. The second kappa shape index (κ2) is 5.96. The van der Waals surface area contributed by atoms with Gasteiger partial charge in [0.15, 0.2) is 0 Å². The van der Waals surface area contributed by atoms with Crippen LogP contribution in [-0.2, 0) is 10.7 Å². The first kappa shape index (κ1) is 14.4. The summed E-state index contributed by atoms with van der Waals surface area (Å²) < 4.78 is 11.1. The van der Waals surface area contributed by atoms with Crippen LogP contribution in [0.5, 0.6) is 0 Å². The summed E-state index contributed by atoms with van der Waals surface area (Å²) in [4.78, 5) is 33.9. The number of nitrogens with one attached hydrogen (secondary N) is 1. The van der Waals surface area contributed by atoms with E-state index in [-0.39, 0.29) is 5.91 Å². The third kappa shape index (κ3) is 3.99. The van der Waals surface area contributed by atoms with Crippen LogP contribution in [-0.4, -0.2) is 20.7 Å². The SMILES string of the molecule is O=C(Nc1ccccc1CP(=O)(O)O)c1cccnc1. The summed E-state index contributed by atoms with van der Waals surface area (Å²) in [7, 11) is -4.19. The topological polar surface area (TPSA) is 99.5 Å². The minimum atomic E-state index is -4.19. The molecule has 1 aromatic heterocycles. The minimum absolute atomic E-state index is 0.374. The van der Waals surface area contributed by atoms with Crippen LogP contribution in [0.3, 0.4) is 0 Å². The van der Waals surface area contributed by atoms with E-state index in [1.807, 2.05) is 0 Å². The predicted molar refractivity (Wildman–Crippen MR) is 74.4 cm³/mol. The standard InChI is InChI=1S/C13H13N2O4P/c16-13(10-5-3-7-14-8-10)15-12-6-2-1-4-11(12)9-20(17,18)19/h1-8H,9H2,(H,15,16)(H2,17,18,19). The molecule has 0 spiro atoms. The molecule has 0 fully saturated rings. The van der Waals surface area contributed by atoms with Crippen molar-refractivity contribution in [1.29, 1.82) is 0 Å². The van der Waals surface area contributed by atoms with Gasteiger partial charge in [-0.15, -0.1) is 0 Å². The van der Waals surface area contributed by atoms with E-state index in [0.29, 0.717) is 16.8 Å². The molecule has 0 radical (unpaired) electrons. The van der Waals surface area contributed by atoms with Crippen LogP contribution in [0.25, 0.3) is 0 Å². The third-order valence-corrected chi connectivity index (χ3v) is 3.32. The minimum Gasteiger partial charge on any atom is -0.324 e. The Labute approximate surface area is 115 Å². The fourth-order valence-corrected chi connectivity index (χ4v) is 2.41. The van der Waals surface area contributed by atoms with Crippen molar-refractivity contribution < 1.29 is 19.1 Å². The predicted octanol–water partition coefficient (Wildman–Crippen LogP) is 2.01. The van der Waals surface area contributed by atoms with Crippen molar-refractivity contribution in [2.45, 2.75) is 6.16 Å². The number of rotatable bonds is 4. The van der Waals surface area contributed by atoms with Gasteiger partial charge in [0.2, 0.25) is 0 Å². The molecule has 0 saturated heterocycles.